The summed E-state index contributed by atoms with van der Waals surface area (Å²) in [6.07, 6.45) is 5.96. The Bertz CT molecular complexity index is 907. The summed E-state index contributed by atoms with van der Waals surface area (Å²) in [5.74, 6) is 1.17. The number of amides is 1. The third-order valence-electron chi connectivity index (χ3n) is 4.50. The van der Waals surface area contributed by atoms with Crippen LogP contribution in [-0.2, 0) is 0 Å². The molecule has 1 fully saturated rings. The summed E-state index contributed by atoms with van der Waals surface area (Å²) in [4.78, 5) is 26.5. The standard InChI is InChI=1S/C18H19N5O2/c1-25-18-16(20-8-9-21-18)23-10-6-12(11-23)22-17(24)14-3-2-4-15-13(14)5-7-19-15/h2-5,7-9,12,19H,6,10-11H2,1H3,(H,22,24). The predicted molar refractivity (Wildman–Crippen MR) is 95.0 cm³/mol. The Morgan fingerprint density at radius 1 is 1.32 bits per heavy atom. The van der Waals surface area contributed by atoms with Crippen molar-refractivity contribution >= 4 is 22.6 Å². The summed E-state index contributed by atoms with van der Waals surface area (Å²) < 4.78 is 5.28. The monoisotopic (exact) mass is 337 g/mol. The van der Waals surface area contributed by atoms with E-state index in [0.29, 0.717) is 18.0 Å². The van der Waals surface area contributed by atoms with Gasteiger partial charge in [-0.1, -0.05) is 6.07 Å². The van der Waals surface area contributed by atoms with E-state index in [4.69, 9.17) is 4.74 Å². The maximum Gasteiger partial charge on any atom is 0.257 e. The molecule has 7 heteroatoms. The number of benzene rings is 1. The fraction of sp³-hybridized carbons (Fsp3) is 0.278. The van der Waals surface area contributed by atoms with Gasteiger partial charge in [-0.2, -0.15) is 0 Å². The highest BCUT2D eigenvalue weighted by atomic mass is 16.5. The zero-order valence-corrected chi connectivity index (χ0v) is 13.9. The highest BCUT2D eigenvalue weighted by Gasteiger charge is 2.27. The molecule has 0 saturated carbocycles. The van der Waals surface area contributed by atoms with Gasteiger partial charge in [0.1, 0.15) is 0 Å². The number of ether oxygens (including phenoxy) is 1. The van der Waals surface area contributed by atoms with Gasteiger partial charge in [-0.15, -0.1) is 0 Å². The molecule has 1 amide bonds. The number of H-pyrrole nitrogens is 1. The molecule has 0 aliphatic carbocycles. The van der Waals surface area contributed by atoms with Crippen LogP contribution in [0.2, 0.25) is 0 Å². The third-order valence-corrected chi connectivity index (χ3v) is 4.50. The first-order valence-corrected chi connectivity index (χ1v) is 8.23. The summed E-state index contributed by atoms with van der Waals surface area (Å²) in [6, 6.07) is 7.69. The zero-order valence-electron chi connectivity index (χ0n) is 13.9. The number of aromatic nitrogens is 3. The van der Waals surface area contributed by atoms with Crippen molar-refractivity contribution in [2.45, 2.75) is 12.5 Å². The van der Waals surface area contributed by atoms with Crippen molar-refractivity contribution in [1.29, 1.82) is 0 Å². The molecule has 1 aliphatic heterocycles. The van der Waals surface area contributed by atoms with Crippen LogP contribution >= 0.6 is 0 Å². The van der Waals surface area contributed by atoms with Gasteiger partial charge >= 0.3 is 0 Å². The van der Waals surface area contributed by atoms with E-state index >= 15 is 0 Å². The number of hydrogen-bond donors (Lipinski definition) is 2. The van der Waals surface area contributed by atoms with Crippen molar-refractivity contribution in [2.24, 2.45) is 0 Å². The molecule has 2 N–H and O–H groups in total. The largest absolute Gasteiger partial charge is 0.478 e. The van der Waals surface area contributed by atoms with E-state index in [1.807, 2.05) is 30.5 Å². The van der Waals surface area contributed by atoms with Gasteiger partial charge in [-0.25, -0.2) is 9.97 Å². The lowest BCUT2D eigenvalue weighted by Gasteiger charge is -2.19. The molecule has 0 bridgehead atoms. The van der Waals surface area contributed by atoms with Gasteiger partial charge in [0.15, 0.2) is 5.82 Å². The van der Waals surface area contributed by atoms with E-state index in [9.17, 15) is 4.79 Å². The summed E-state index contributed by atoms with van der Waals surface area (Å²) in [5, 5.41) is 4.07. The number of fused-ring (bicyclic) bond motifs is 1. The van der Waals surface area contributed by atoms with Crippen LogP contribution < -0.4 is 15.0 Å². The van der Waals surface area contributed by atoms with Crippen LogP contribution in [0, 0.1) is 0 Å². The van der Waals surface area contributed by atoms with E-state index in [-0.39, 0.29) is 11.9 Å². The normalized spacial score (nSPS) is 17.0. The summed E-state index contributed by atoms with van der Waals surface area (Å²) >= 11 is 0. The second kappa shape index (κ2) is 6.43. The zero-order chi connectivity index (χ0) is 17.2. The molecule has 1 atom stereocenters. The van der Waals surface area contributed by atoms with Crippen molar-refractivity contribution in [3.05, 3.63) is 48.4 Å². The summed E-state index contributed by atoms with van der Waals surface area (Å²) in [5.41, 5.74) is 1.65. The fourth-order valence-corrected chi connectivity index (χ4v) is 3.30. The van der Waals surface area contributed by atoms with Crippen LogP contribution in [-0.4, -0.2) is 47.1 Å². The van der Waals surface area contributed by atoms with Crippen molar-refractivity contribution in [2.75, 3.05) is 25.1 Å². The van der Waals surface area contributed by atoms with E-state index in [2.05, 4.69) is 25.2 Å². The Morgan fingerprint density at radius 2 is 2.20 bits per heavy atom. The number of rotatable bonds is 4. The SMILES string of the molecule is COc1nccnc1N1CCC(NC(=O)c2cccc3[nH]ccc23)C1. The molecule has 128 valence electrons. The number of carbonyl (C=O) groups excluding carboxylic acids is 1. The first-order chi connectivity index (χ1) is 12.3. The molecule has 2 aromatic heterocycles. The second-order valence-electron chi connectivity index (χ2n) is 6.04. The van der Waals surface area contributed by atoms with E-state index in [1.165, 1.54) is 0 Å². The van der Waals surface area contributed by atoms with Gasteiger partial charge < -0.3 is 19.9 Å². The van der Waals surface area contributed by atoms with Crippen molar-refractivity contribution in [3.8, 4) is 5.88 Å². The molecule has 3 aromatic rings. The molecular formula is C18H19N5O2. The molecule has 3 heterocycles. The van der Waals surface area contributed by atoms with Gasteiger partial charge in [0, 0.05) is 54.2 Å². The van der Waals surface area contributed by atoms with Gasteiger partial charge in [-0.05, 0) is 24.6 Å². The highest BCUT2D eigenvalue weighted by molar-refractivity contribution is 6.06. The van der Waals surface area contributed by atoms with Crippen LogP contribution in [0.25, 0.3) is 10.9 Å². The maximum absolute atomic E-state index is 12.7. The third kappa shape index (κ3) is 2.88. The lowest BCUT2D eigenvalue weighted by molar-refractivity contribution is 0.0942. The van der Waals surface area contributed by atoms with Gasteiger partial charge in [0.2, 0.25) is 0 Å². The Kier molecular flexibility index (Phi) is 3.97. The number of anilines is 1. The molecule has 1 aliphatic rings. The average molecular weight is 337 g/mol. The molecular weight excluding hydrogens is 318 g/mol. The molecule has 4 rings (SSSR count). The Morgan fingerprint density at radius 3 is 3.08 bits per heavy atom. The number of nitrogens with zero attached hydrogens (tertiary/aromatic N) is 3. The van der Waals surface area contributed by atoms with Crippen LogP contribution in [0.3, 0.4) is 0 Å². The van der Waals surface area contributed by atoms with Gasteiger partial charge in [0.25, 0.3) is 11.8 Å². The lowest BCUT2D eigenvalue weighted by atomic mass is 10.1. The molecule has 0 spiro atoms. The molecule has 1 aromatic carbocycles. The first-order valence-electron chi connectivity index (χ1n) is 8.23. The van der Waals surface area contributed by atoms with Crippen LogP contribution in [0.4, 0.5) is 5.82 Å². The second-order valence-corrected chi connectivity index (χ2v) is 6.04. The minimum atomic E-state index is -0.0526. The van der Waals surface area contributed by atoms with Crippen molar-refractivity contribution in [1.82, 2.24) is 20.3 Å². The summed E-state index contributed by atoms with van der Waals surface area (Å²) in [7, 11) is 1.58. The molecule has 1 unspecified atom stereocenters. The van der Waals surface area contributed by atoms with Crippen molar-refractivity contribution < 1.29 is 9.53 Å². The molecule has 1 saturated heterocycles. The number of aromatic amines is 1. The Hall–Kier alpha value is -3.09. The van der Waals surface area contributed by atoms with Crippen LogP contribution in [0.5, 0.6) is 5.88 Å². The Balaban J connectivity index is 1.48. The Labute approximate surface area is 145 Å². The highest BCUT2D eigenvalue weighted by Crippen LogP contribution is 2.26. The van der Waals surface area contributed by atoms with Gasteiger partial charge in [0.05, 0.1) is 7.11 Å². The number of methoxy groups -OCH3 is 1. The van der Waals surface area contributed by atoms with Crippen LogP contribution in [0.1, 0.15) is 16.8 Å². The van der Waals surface area contributed by atoms with E-state index in [0.717, 1.165) is 29.7 Å². The van der Waals surface area contributed by atoms with Crippen LogP contribution in [0.15, 0.2) is 42.9 Å². The predicted octanol–water partition coefficient (Wildman–Crippen LogP) is 1.98. The molecule has 25 heavy (non-hydrogen) atoms. The van der Waals surface area contributed by atoms with Gasteiger partial charge in [-0.3, -0.25) is 4.79 Å². The molecule has 7 nitrogen and oxygen atoms in total. The van der Waals surface area contributed by atoms with E-state index < -0.39 is 0 Å². The summed E-state index contributed by atoms with van der Waals surface area (Å²) in [6.45, 7) is 1.48. The smallest absolute Gasteiger partial charge is 0.257 e. The number of nitrogens with one attached hydrogen (secondary N) is 2. The minimum Gasteiger partial charge on any atom is -0.478 e. The topological polar surface area (TPSA) is 83.1 Å². The number of hydrogen-bond acceptors (Lipinski definition) is 5. The average Bonchev–Trinajstić information content (AvgIpc) is 3.30. The lowest BCUT2D eigenvalue weighted by Crippen LogP contribution is -2.37. The quantitative estimate of drug-likeness (QED) is 0.760. The number of carbonyl (C=O) groups is 1. The molecule has 0 radical (unpaired) electrons. The fourth-order valence-electron chi connectivity index (χ4n) is 3.30. The minimum absolute atomic E-state index is 0.0526. The maximum atomic E-state index is 12.7. The van der Waals surface area contributed by atoms with E-state index in [1.54, 1.807) is 19.5 Å². The first kappa shape index (κ1) is 15.4. The van der Waals surface area contributed by atoms with Crippen molar-refractivity contribution in [3.63, 3.8) is 0 Å².